The number of anilines is 2. The maximum Gasteiger partial charge on any atom is 0.268 e. The number of amides is 1. The van der Waals surface area contributed by atoms with Gasteiger partial charge in [0, 0.05) is 52.4 Å². The van der Waals surface area contributed by atoms with E-state index in [1.807, 2.05) is 29.2 Å². The summed E-state index contributed by atoms with van der Waals surface area (Å²) in [7, 11) is 1.64. The second-order valence-electron chi connectivity index (χ2n) is 7.72. The van der Waals surface area contributed by atoms with E-state index in [1.165, 1.54) is 4.68 Å². The molecule has 0 N–H and O–H groups in total. The van der Waals surface area contributed by atoms with Crippen molar-refractivity contribution in [2.75, 3.05) is 49.1 Å². The molecule has 2 aromatic rings. The molecule has 154 valence electrons. The molecule has 2 aliphatic heterocycles. The number of halogens is 1. The highest BCUT2D eigenvalue weighted by Crippen LogP contribution is 2.27. The largest absolute Gasteiger partial charge is 0.369 e. The van der Waals surface area contributed by atoms with Crippen LogP contribution in [0.4, 0.5) is 11.4 Å². The molecule has 1 amide bonds. The summed E-state index contributed by atoms with van der Waals surface area (Å²) < 4.78 is 1.31. The number of hydrogen-bond donors (Lipinski definition) is 0. The number of piperidine rings is 1. The van der Waals surface area contributed by atoms with E-state index in [2.05, 4.69) is 14.9 Å². The molecular weight excluding hydrogens is 390 g/mol. The predicted octanol–water partition coefficient (Wildman–Crippen LogP) is 2.00. The number of rotatable bonds is 3. The van der Waals surface area contributed by atoms with Crippen LogP contribution in [0.5, 0.6) is 0 Å². The van der Waals surface area contributed by atoms with Gasteiger partial charge in [0.05, 0.1) is 28.5 Å². The van der Waals surface area contributed by atoms with Crippen LogP contribution in [-0.4, -0.2) is 59.9 Å². The van der Waals surface area contributed by atoms with Gasteiger partial charge in [-0.1, -0.05) is 23.7 Å². The molecule has 1 aromatic heterocycles. The Bertz CT molecular complexity index is 939. The van der Waals surface area contributed by atoms with Crippen LogP contribution in [0.1, 0.15) is 12.8 Å². The van der Waals surface area contributed by atoms with Gasteiger partial charge in [-0.05, 0) is 25.0 Å². The molecule has 4 rings (SSSR count). The number of para-hydroxylation sites is 1. The van der Waals surface area contributed by atoms with Crippen molar-refractivity contribution >= 4 is 28.9 Å². The first-order valence-electron chi connectivity index (χ1n) is 10.1. The van der Waals surface area contributed by atoms with Crippen molar-refractivity contribution < 1.29 is 4.79 Å². The molecule has 0 radical (unpaired) electrons. The van der Waals surface area contributed by atoms with Crippen molar-refractivity contribution in [3.05, 3.63) is 51.9 Å². The van der Waals surface area contributed by atoms with Gasteiger partial charge in [0.2, 0.25) is 5.91 Å². The quantitative estimate of drug-likeness (QED) is 0.767. The Labute approximate surface area is 175 Å². The molecular formula is C21H26ClN5O2. The molecule has 29 heavy (non-hydrogen) atoms. The van der Waals surface area contributed by atoms with E-state index >= 15 is 0 Å². The fraction of sp³-hybridized carbons (Fsp3) is 0.476. The maximum absolute atomic E-state index is 13.1. The summed E-state index contributed by atoms with van der Waals surface area (Å²) >= 11 is 6.32. The molecule has 2 fully saturated rings. The first kappa shape index (κ1) is 19.8. The summed E-state index contributed by atoms with van der Waals surface area (Å²) in [6, 6.07) is 9.44. The minimum Gasteiger partial charge on any atom is -0.369 e. The summed E-state index contributed by atoms with van der Waals surface area (Å²) in [5, 5.41) is 4.86. The van der Waals surface area contributed by atoms with Gasteiger partial charge in [-0.15, -0.1) is 0 Å². The third kappa shape index (κ3) is 4.24. The second kappa shape index (κ2) is 8.45. The number of nitrogens with zero attached hydrogens (tertiary/aromatic N) is 5. The van der Waals surface area contributed by atoms with E-state index in [0.29, 0.717) is 19.6 Å². The Morgan fingerprint density at radius 3 is 2.59 bits per heavy atom. The van der Waals surface area contributed by atoms with Gasteiger partial charge in [0.15, 0.2) is 0 Å². The van der Waals surface area contributed by atoms with Gasteiger partial charge >= 0.3 is 0 Å². The van der Waals surface area contributed by atoms with Gasteiger partial charge in [-0.2, -0.15) is 5.10 Å². The van der Waals surface area contributed by atoms with Crippen LogP contribution in [0, 0.1) is 5.92 Å². The monoisotopic (exact) mass is 415 g/mol. The number of benzene rings is 1. The van der Waals surface area contributed by atoms with Crippen molar-refractivity contribution in [3.8, 4) is 0 Å². The molecule has 1 aromatic carbocycles. The third-order valence-electron chi connectivity index (χ3n) is 5.87. The lowest BCUT2D eigenvalue weighted by molar-refractivity contribution is -0.136. The zero-order chi connectivity index (χ0) is 20.4. The van der Waals surface area contributed by atoms with Crippen molar-refractivity contribution in [3.63, 3.8) is 0 Å². The summed E-state index contributed by atoms with van der Waals surface area (Å²) in [6.45, 7) is 4.45. The van der Waals surface area contributed by atoms with E-state index in [1.54, 1.807) is 19.3 Å². The fourth-order valence-electron chi connectivity index (χ4n) is 4.18. The molecule has 1 atom stereocenters. The molecule has 3 heterocycles. The normalized spacial score (nSPS) is 20.1. The average Bonchev–Trinajstić information content (AvgIpc) is 2.76. The highest BCUT2D eigenvalue weighted by Gasteiger charge is 2.31. The summed E-state index contributed by atoms with van der Waals surface area (Å²) in [6.07, 6.45) is 3.53. The van der Waals surface area contributed by atoms with Crippen LogP contribution in [0.2, 0.25) is 5.02 Å². The number of aromatic nitrogens is 2. The Hall–Kier alpha value is -2.54. The summed E-state index contributed by atoms with van der Waals surface area (Å²) in [5.41, 5.74) is 1.70. The van der Waals surface area contributed by atoms with Gasteiger partial charge < -0.3 is 14.7 Å². The van der Waals surface area contributed by atoms with Gasteiger partial charge in [0.25, 0.3) is 5.56 Å². The van der Waals surface area contributed by atoms with Crippen LogP contribution in [-0.2, 0) is 11.8 Å². The first-order valence-corrected chi connectivity index (χ1v) is 10.5. The van der Waals surface area contributed by atoms with Crippen molar-refractivity contribution in [1.82, 2.24) is 14.7 Å². The number of carbonyl (C=O) groups excluding carboxylic acids is 1. The number of carbonyl (C=O) groups is 1. The summed E-state index contributed by atoms with van der Waals surface area (Å²) in [5.74, 6) is 0.171. The van der Waals surface area contributed by atoms with Crippen LogP contribution in [0.25, 0.3) is 0 Å². The Morgan fingerprint density at radius 2 is 1.86 bits per heavy atom. The topological polar surface area (TPSA) is 61.7 Å². The fourth-order valence-corrected chi connectivity index (χ4v) is 4.44. The predicted molar refractivity (Wildman–Crippen MR) is 115 cm³/mol. The highest BCUT2D eigenvalue weighted by molar-refractivity contribution is 6.33. The molecule has 2 saturated heterocycles. The van der Waals surface area contributed by atoms with Crippen LogP contribution in [0.15, 0.2) is 41.3 Å². The SMILES string of the molecule is Cn1ncc(N2CCC[C@@H](C(=O)N3CCN(c4ccccc4Cl)CC3)C2)cc1=O. The maximum atomic E-state index is 13.1. The summed E-state index contributed by atoms with van der Waals surface area (Å²) in [4.78, 5) is 31.4. The average molecular weight is 416 g/mol. The number of aryl methyl sites for hydroxylation is 1. The lowest BCUT2D eigenvalue weighted by Gasteiger charge is -2.40. The van der Waals surface area contributed by atoms with Crippen LogP contribution >= 0.6 is 11.6 Å². The highest BCUT2D eigenvalue weighted by atomic mass is 35.5. The molecule has 0 saturated carbocycles. The third-order valence-corrected chi connectivity index (χ3v) is 6.19. The zero-order valence-corrected chi connectivity index (χ0v) is 17.4. The van der Waals surface area contributed by atoms with E-state index in [0.717, 1.165) is 48.9 Å². The van der Waals surface area contributed by atoms with E-state index in [9.17, 15) is 9.59 Å². The van der Waals surface area contributed by atoms with Gasteiger partial charge in [-0.3, -0.25) is 9.59 Å². The molecule has 2 aliphatic rings. The Balaban J connectivity index is 1.38. The van der Waals surface area contributed by atoms with Crippen molar-refractivity contribution in [1.29, 1.82) is 0 Å². The molecule has 8 heteroatoms. The minimum absolute atomic E-state index is 0.0420. The van der Waals surface area contributed by atoms with E-state index in [4.69, 9.17) is 11.6 Å². The standard InChI is InChI=1S/C21H26ClN5O2/c1-24-20(28)13-17(14-23-24)27-8-4-5-16(15-27)21(29)26-11-9-25(10-12-26)19-7-3-2-6-18(19)22/h2-3,6-7,13-14,16H,4-5,8-12,15H2,1H3/t16-/m1/s1. The number of hydrogen-bond acceptors (Lipinski definition) is 5. The molecule has 0 bridgehead atoms. The molecule has 7 nitrogen and oxygen atoms in total. The number of piperazine rings is 1. The van der Waals surface area contributed by atoms with Gasteiger partial charge in [0.1, 0.15) is 0 Å². The van der Waals surface area contributed by atoms with E-state index < -0.39 is 0 Å². The lowest BCUT2D eigenvalue weighted by atomic mass is 9.96. The minimum atomic E-state index is -0.133. The smallest absolute Gasteiger partial charge is 0.268 e. The van der Waals surface area contributed by atoms with Crippen LogP contribution < -0.4 is 15.4 Å². The Morgan fingerprint density at radius 1 is 1.10 bits per heavy atom. The van der Waals surface area contributed by atoms with E-state index in [-0.39, 0.29) is 17.4 Å². The second-order valence-corrected chi connectivity index (χ2v) is 8.13. The van der Waals surface area contributed by atoms with Crippen molar-refractivity contribution in [2.45, 2.75) is 12.8 Å². The first-order chi connectivity index (χ1) is 14.0. The lowest BCUT2D eigenvalue weighted by Crippen LogP contribution is -2.52. The van der Waals surface area contributed by atoms with Crippen LogP contribution in [0.3, 0.4) is 0 Å². The Kier molecular flexibility index (Phi) is 5.76. The molecule has 0 unspecified atom stereocenters. The molecule has 0 spiro atoms. The van der Waals surface area contributed by atoms with Crippen molar-refractivity contribution in [2.24, 2.45) is 13.0 Å². The van der Waals surface area contributed by atoms with Gasteiger partial charge in [-0.25, -0.2) is 4.68 Å². The zero-order valence-electron chi connectivity index (χ0n) is 16.6. The molecule has 0 aliphatic carbocycles.